The number of hydrogen-bond acceptors (Lipinski definition) is 3. The molecule has 0 aliphatic carbocycles. The fourth-order valence-electron chi connectivity index (χ4n) is 3.68. The van der Waals surface area contributed by atoms with Crippen molar-refractivity contribution in [3.05, 3.63) is 0 Å². The Labute approximate surface area is 120 Å². The number of hydrogen-bond donors (Lipinski definition) is 1. The monoisotopic (exact) mass is 279 g/mol. The molecule has 0 aromatic heterocycles. The van der Waals surface area contributed by atoms with E-state index in [0.717, 1.165) is 32.4 Å². The van der Waals surface area contributed by atoms with E-state index in [1.165, 1.54) is 6.42 Å². The lowest BCUT2D eigenvalue weighted by Crippen LogP contribution is -2.47. The van der Waals surface area contributed by atoms with Crippen molar-refractivity contribution >= 4 is 11.8 Å². The van der Waals surface area contributed by atoms with Gasteiger partial charge in [-0.1, -0.05) is 13.8 Å². The fourth-order valence-corrected chi connectivity index (χ4v) is 3.68. The number of nitrogens with one attached hydrogen (secondary N) is 1. The summed E-state index contributed by atoms with van der Waals surface area (Å²) < 4.78 is 0. The first-order chi connectivity index (χ1) is 9.44. The van der Waals surface area contributed by atoms with E-state index in [-0.39, 0.29) is 17.2 Å². The van der Waals surface area contributed by atoms with E-state index in [2.05, 4.69) is 19.2 Å². The second-order valence-electron chi connectivity index (χ2n) is 7.32. The molecule has 112 valence electrons. The molecule has 2 atom stereocenters. The summed E-state index contributed by atoms with van der Waals surface area (Å²) in [5.74, 6) is -0.592. The predicted molar refractivity (Wildman–Crippen MR) is 76.1 cm³/mol. The molecule has 2 unspecified atom stereocenters. The quantitative estimate of drug-likeness (QED) is 0.661. The van der Waals surface area contributed by atoms with Crippen molar-refractivity contribution in [2.24, 2.45) is 5.41 Å². The lowest BCUT2D eigenvalue weighted by atomic mass is 9.93. The highest BCUT2D eigenvalue weighted by Crippen LogP contribution is 2.29. The van der Waals surface area contributed by atoms with Gasteiger partial charge in [-0.25, -0.2) is 0 Å². The average Bonchev–Trinajstić information content (AvgIpc) is 2.90. The van der Waals surface area contributed by atoms with Crippen LogP contribution in [0, 0.1) is 5.41 Å². The van der Waals surface area contributed by atoms with Crippen LogP contribution in [-0.2, 0) is 9.59 Å². The molecule has 0 spiro atoms. The van der Waals surface area contributed by atoms with Gasteiger partial charge in [0.15, 0.2) is 0 Å². The summed E-state index contributed by atoms with van der Waals surface area (Å²) >= 11 is 0. The SMILES string of the molecule is CC1(C)CCN(C(=O)C(=O)N2CCC3CCC(C2)N3)C1. The Morgan fingerprint density at radius 2 is 1.70 bits per heavy atom. The minimum Gasteiger partial charge on any atom is -0.334 e. The van der Waals surface area contributed by atoms with Gasteiger partial charge in [-0.3, -0.25) is 9.59 Å². The third-order valence-electron chi connectivity index (χ3n) is 4.96. The van der Waals surface area contributed by atoms with E-state index in [9.17, 15) is 9.59 Å². The maximum absolute atomic E-state index is 12.4. The molecule has 3 heterocycles. The van der Waals surface area contributed by atoms with Crippen LogP contribution < -0.4 is 5.32 Å². The standard InChI is InChI=1S/C15H25N3O2/c1-15(2)6-8-18(10-15)14(20)13(19)17-7-5-11-3-4-12(9-17)16-11/h11-12,16H,3-10H2,1-2H3. The van der Waals surface area contributed by atoms with Crippen LogP contribution in [0.15, 0.2) is 0 Å². The molecule has 1 N–H and O–H groups in total. The molecule has 3 rings (SSSR count). The smallest absolute Gasteiger partial charge is 0.312 e. The highest BCUT2D eigenvalue weighted by molar-refractivity contribution is 6.35. The topological polar surface area (TPSA) is 52.7 Å². The molecule has 0 saturated carbocycles. The molecule has 3 fully saturated rings. The number of amides is 2. The Hall–Kier alpha value is -1.10. The van der Waals surface area contributed by atoms with Gasteiger partial charge in [0.1, 0.15) is 0 Å². The van der Waals surface area contributed by atoms with Gasteiger partial charge in [-0.2, -0.15) is 0 Å². The Balaban J connectivity index is 1.62. The minimum atomic E-state index is -0.298. The highest BCUT2D eigenvalue weighted by atomic mass is 16.2. The molecule has 5 nitrogen and oxygen atoms in total. The van der Waals surface area contributed by atoms with Crippen molar-refractivity contribution in [1.29, 1.82) is 0 Å². The van der Waals surface area contributed by atoms with Crippen molar-refractivity contribution in [2.75, 3.05) is 26.2 Å². The Morgan fingerprint density at radius 3 is 2.40 bits per heavy atom. The van der Waals surface area contributed by atoms with Gasteiger partial charge < -0.3 is 15.1 Å². The molecule has 0 radical (unpaired) electrons. The molecule has 3 aliphatic heterocycles. The molecule has 3 aliphatic rings. The van der Waals surface area contributed by atoms with E-state index in [1.807, 2.05) is 0 Å². The molecule has 20 heavy (non-hydrogen) atoms. The Morgan fingerprint density at radius 1 is 1.00 bits per heavy atom. The van der Waals surface area contributed by atoms with Crippen LogP contribution in [0.2, 0.25) is 0 Å². The average molecular weight is 279 g/mol. The number of fused-ring (bicyclic) bond motifs is 2. The lowest BCUT2D eigenvalue weighted by Gasteiger charge is -2.26. The van der Waals surface area contributed by atoms with Crippen molar-refractivity contribution in [3.8, 4) is 0 Å². The van der Waals surface area contributed by atoms with Gasteiger partial charge in [0.25, 0.3) is 0 Å². The Kier molecular flexibility index (Phi) is 3.48. The maximum Gasteiger partial charge on any atom is 0.312 e. The van der Waals surface area contributed by atoms with E-state index in [1.54, 1.807) is 9.80 Å². The summed E-state index contributed by atoms with van der Waals surface area (Å²) in [6.45, 7) is 7.14. The Bertz CT molecular complexity index is 421. The lowest BCUT2D eigenvalue weighted by molar-refractivity contribution is -0.151. The van der Waals surface area contributed by atoms with Gasteiger partial charge in [-0.05, 0) is 31.1 Å². The number of nitrogens with zero attached hydrogens (tertiary/aromatic N) is 2. The van der Waals surface area contributed by atoms with Gasteiger partial charge in [0.05, 0.1) is 0 Å². The number of rotatable bonds is 0. The molecular formula is C15H25N3O2. The van der Waals surface area contributed by atoms with Gasteiger partial charge >= 0.3 is 11.8 Å². The third kappa shape index (κ3) is 2.68. The summed E-state index contributed by atoms with van der Waals surface area (Å²) in [7, 11) is 0. The van der Waals surface area contributed by atoms with E-state index >= 15 is 0 Å². The minimum absolute atomic E-state index is 0.148. The predicted octanol–water partition coefficient (Wildman–Crippen LogP) is 0.598. The summed E-state index contributed by atoms with van der Waals surface area (Å²) in [5, 5.41) is 3.54. The van der Waals surface area contributed by atoms with Crippen molar-refractivity contribution in [3.63, 3.8) is 0 Å². The molecule has 5 heteroatoms. The normalized spacial score (nSPS) is 32.3. The van der Waals surface area contributed by atoms with Gasteiger partial charge in [-0.15, -0.1) is 0 Å². The first-order valence-electron chi connectivity index (χ1n) is 7.79. The summed E-state index contributed by atoms with van der Waals surface area (Å²) in [4.78, 5) is 28.3. The fraction of sp³-hybridized carbons (Fsp3) is 0.867. The molecule has 2 bridgehead atoms. The maximum atomic E-state index is 12.4. The zero-order chi connectivity index (χ0) is 14.3. The number of carbonyl (C=O) groups is 2. The highest BCUT2D eigenvalue weighted by Gasteiger charge is 2.38. The van der Waals surface area contributed by atoms with Crippen LogP contribution >= 0.6 is 0 Å². The van der Waals surface area contributed by atoms with Crippen LogP contribution in [0.5, 0.6) is 0 Å². The second kappa shape index (κ2) is 5.02. The van der Waals surface area contributed by atoms with Crippen molar-refractivity contribution < 1.29 is 9.59 Å². The summed E-state index contributed by atoms with van der Waals surface area (Å²) in [6, 6.07) is 0.924. The molecular weight excluding hydrogens is 254 g/mol. The summed E-state index contributed by atoms with van der Waals surface area (Å²) in [5.41, 5.74) is 0.148. The zero-order valence-electron chi connectivity index (χ0n) is 12.5. The summed E-state index contributed by atoms with van der Waals surface area (Å²) in [6.07, 6.45) is 4.29. The van der Waals surface area contributed by atoms with Crippen LogP contribution in [-0.4, -0.2) is 59.9 Å². The first kappa shape index (κ1) is 13.9. The van der Waals surface area contributed by atoms with E-state index in [4.69, 9.17) is 0 Å². The van der Waals surface area contributed by atoms with E-state index < -0.39 is 0 Å². The largest absolute Gasteiger partial charge is 0.334 e. The second-order valence-corrected chi connectivity index (χ2v) is 7.32. The third-order valence-corrected chi connectivity index (χ3v) is 4.96. The first-order valence-corrected chi connectivity index (χ1v) is 7.79. The molecule has 0 aromatic rings. The van der Waals surface area contributed by atoms with Crippen LogP contribution in [0.25, 0.3) is 0 Å². The van der Waals surface area contributed by atoms with Gasteiger partial charge in [0, 0.05) is 38.3 Å². The van der Waals surface area contributed by atoms with Crippen LogP contribution in [0.1, 0.15) is 39.5 Å². The zero-order valence-corrected chi connectivity index (χ0v) is 12.5. The van der Waals surface area contributed by atoms with Gasteiger partial charge in [0.2, 0.25) is 0 Å². The van der Waals surface area contributed by atoms with Crippen molar-refractivity contribution in [1.82, 2.24) is 15.1 Å². The van der Waals surface area contributed by atoms with Crippen LogP contribution in [0.3, 0.4) is 0 Å². The molecule has 2 amide bonds. The number of likely N-dealkylation sites (tertiary alicyclic amines) is 2. The molecule has 0 aromatic carbocycles. The number of carbonyl (C=O) groups excluding carboxylic acids is 2. The van der Waals surface area contributed by atoms with Crippen LogP contribution in [0.4, 0.5) is 0 Å². The van der Waals surface area contributed by atoms with E-state index in [0.29, 0.717) is 25.2 Å². The van der Waals surface area contributed by atoms with Crippen molar-refractivity contribution in [2.45, 2.75) is 51.6 Å². The molecule has 3 saturated heterocycles.